The molecule has 24 heavy (non-hydrogen) atoms. The largest absolute Gasteiger partial charge is 0.508 e. The molecule has 0 radical (unpaired) electrons. The fourth-order valence-corrected chi connectivity index (χ4v) is 2.69. The highest BCUT2D eigenvalue weighted by molar-refractivity contribution is 5.44. The molecule has 0 fully saturated rings. The fraction of sp³-hybridized carbons (Fsp3) is 0.100. The molecule has 0 aromatic heterocycles. The first-order valence-corrected chi connectivity index (χ1v) is 7.61. The molecule has 4 N–H and O–H groups in total. The van der Waals surface area contributed by atoms with Crippen LogP contribution in [0.25, 0.3) is 0 Å². The van der Waals surface area contributed by atoms with E-state index < -0.39 is 0 Å². The van der Waals surface area contributed by atoms with Gasteiger partial charge in [0.15, 0.2) is 0 Å². The third-order valence-electron chi connectivity index (χ3n) is 3.92. The van der Waals surface area contributed by atoms with Gasteiger partial charge in [-0.25, -0.2) is 0 Å². The Labute approximate surface area is 139 Å². The normalized spacial score (nSPS) is 10.7. The molecule has 0 saturated carbocycles. The molecule has 0 bridgehead atoms. The van der Waals surface area contributed by atoms with E-state index in [9.17, 15) is 20.4 Å². The van der Waals surface area contributed by atoms with Crippen LogP contribution >= 0.6 is 0 Å². The Morgan fingerprint density at radius 3 is 1.42 bits per heavy atom. The molecule has 0 spiro atoms. The Bertz CT molecular complexity index is 803. The number of benzene rings is 3. The number of aromatic hydroxyl groups is 4. The van der Waals surface area contributed by atoms with Gasteiger partial charge < -0.3 is 20.4 Å². The predicted molar refractivity (Wildman–Crippen MR) is 91.6 cm³/mol. The van der Waals surface area contributed by atoms with Crippen molar-refractivity contribution in [1.29, 1.82) is 0 Å². The van der Waals surface area contributed by atoms with Gasteiger partial charge in [0, 0.05) is 25.0 Å². The summed E-state index contributed by atoms with van der Waals surface area (Å²) in [7, 11) is 0. The van der Waals surface area contributed by atoms with Crippen molar-refractivity contribution < 1.29 is 20.4 Å². The molecule has 3 aromatic carbocycles. The van der Waals surface area contributed by atoms with E-state index in [-0.39, 0.29) is 23.0 Å². The number of phenols is 4. The van der Waals surface area contributed by atoms with Gasteiger partial charge in [-0.2, -0.15) is 0 Å². The number of rotatable bonds is 4. The van der Waals surface area contributed by atoms with Gasteiger partial charge in [0.05, 0.1) is 0 Å². The van der Waals surface area contributed by atoms with Gasteiger partial charge in [-0.15, -0.1) is 0 Å². The first kappa shape index (κ1) is 15.7. The Morgan fingerprint density at radius 2 is 1.00 bits per heavy atom. The number of phenolic OH excluding ortho intramolecular Hbond substituents is 4. The smallest absolute Gasteiger partial charge is 0.122 e. The van der Waals surface area contributed by atoms with E-state index >= 15 is 0 Å². The summed E-state index contributed by atoms with van der Waals surface area (Å²) in [5, 5.41) is 38.5. The highest BCUT2D eigenvalue weighted by Gasteiger charge is 2.07. The van der Waals surface area contributed by atoms with Crippen LogP contribution in [0, 0.1) is 0 Å². The molecule has 0 amide bonds. The summed E-state index contributed by atoms with van der Waals surface area (Å²) in [6.45, 7) is 0. The van der Waals surface area contributed by atoms with E-state index in [2.05, 4.69) is 0 Å². The van der Waals surface area contributed by atoms with E-state index in [4.69, 9.17) is 0 Å². The van der Waals surface area contributed by atoms with Gasteiger partial charge >= 0.3 is 0 Å². The van der Waals surface area contributed by atoms with Crippen molar-refractivity contribution in [2.75, 3.05) is 0 Å². The predicted octanol–water partition coefficient (Wildman–Crippen LogP) is 3.69. The molecule has 0 unspecified atom stereocenters. The zero-order valence-corrected chi connectivity index (χ0v) is 13.0. The maximum atomic E-state index is 9.90. The maximum Gasteiger partial charge on any atom is 0.122 e. The van der Waals surface area contributed by atoms with Crippen LogP contribution in [-0.4, -0.2) is 20.4 Å². The van der Waals surface area contributed by atoms with Crippen molar-refractivity contribution in [3.05, 3.63) is 82.9 Å². The molecule has 0 atom stereocenters. The van der Waals surface area contributed by atoms with Crippen molar-refractivity contribution in [3.8, 4) is 23.0 Å². The van der Waals surface area contributed by atoms with E-state index in [0.717, 1.165) is 22.3 Å². The van der Waals surface area contributed by atoms with Crippen LogP contribution in [0.5, 0.6) is 23.0 Å². The highest BCUT2D eigenvalue weighted by Crippen LogP contribution is 2.27. The molecule has 0 saturated heterocycles. The Hall–Kier alpha value is -3.14. The molecule has 3 rings (SSSR count). The topological polar surface area (TPSA) is 80.9 Å². The molecular weight excluding hydrogens is 304 g/mol. The van der Waals surface area contributed by atoms with Crippen LogP contribution < -0.4 is 0 Å². The van der Waals surface area contributed by atoms with Crippen molar-refractivity contribution >= 4 is 0 Å². The summed E-state index contributed by atoms with van der Waals surface area (Å²) in [6.07, 6.45) is 1.09. The standard InChI is InChI=1S/C20H18O4/c21-17-6-4-15(19(23)11-17)9-13-2-1-3-14(8-13)10-16-5-7-18(22)12-20(16)24/h1-8,11-12,21-24H,9-10H2. The monoisotopic (exact) mass is 322 g/mol. The van der Waals surface area contributed by atoms with Gasteiger partial charge in [0.1, 0.15) is 23.0 Å². The fourth-order valence-electron chi connectivity index (χ4n) is 2.69. The number of hydrogen-bond donors (Lipinski definition) is 4. The van der Waals surface area contributed by atoms with Crippen LogP contribution in [0.1, 0.15) is 22.3 Å². The van der Waals surface area contributed by atoms with Crippen LogP contribution in [0.3, 0.4) is 0 Å². The molecule has 0 aliphatic heterocycles. The maximum absolute atomic E-state index is 9.90. The van der Waals surface area contributed by atoms with Crippen LogP contribution in [0.4, 0.5) is 0 Å². The lowest BCUT2D eigenvalue weighted by atomic mass is 9.98. The Morgan fingerprint density at radius 1 is 0.542 bits per heavy atom. The second-order valence-electron chi connectivity index (χ2n) is 5.80. The Balaban J connectivity index is 1.81. The van der Waals surface area contributed by atoms with E-state index in [1.807, 2.05) is 24.3 Å². The Kier molecular flexibility index (Phi) is 4.29. The molecule has 4 heteroatoms. The quantitative estimate of drug-likeness (QED) is 0.590. The van der Waals surface area contributed by atoms with Gasteiger partial charge in [0.25, 0.3) is 0 Å². The first-order chi connectivity index (χ1) is 11.5. The first-order valence-electron chi connectivity index (χ1n) is 7.61. The lowest BCUT2D eigenvalue weighted by molar-refractivity contribution is 0.446. The highest BCUT2D eigenvalue weighted by atomic mass is 16.3. The van der Waals surface area contributed by atoms with Gasteiger partial charge in [-0.3, -0.25) is 0 Å². The second-order valence-corrected chi connectivity index (χ2v) is 5.80. The molecule has 4 nitrogen and oxygen atoms in total. The zero-order valence-electron chi connectivity index (χ0n) is 13.0. The average molecular weight is 322 g/mol. The third-order valence-corrected chi connectivity index (χ3v) is 3.92. The SMILES string of the molecule is Oc1ccc(Cc2cccc(Cc3ccc(O)cc3O)c2)c(O)c1. The summed E-state index contributed by atoms with van der Waals surface area (Å²) in [6, 6.07) is 17.0. The molecule has 0 aliphatic carbocycles. The van der Waals surface area contributed by atoms with Crippen molar-refractivity contribution in [2.45, 2.75) is 12.8 Å². The second kappa shape index (κ2) is 6.54. The van der Waals surface area contributed by atoms with Crippen molar-refractivity contribution in [2.24, 2.45) is 0 Å². The summed E-state index contributed by atoms with van der Waals surface area (Å²) in [4.78, 5) is 0. The third kappa shape index (κ3) is 3.60. The minimum Gasteiger partial charge on any atom is -0.508 e. The molecule has 0 heterocycles. The van der Waals surface area contributed by atoms with Gasteiger partial charge in [0.2, 0.25) is 0 Å². The van der Waals surface area contributed by atoms with Crippen LogP contribution in [0.15, 0.2) is 60.7 Å². The van der Waals surface area contributed by atoms with E-state index in [0.29, 0.717) is 12.8 Å². The molecular formula is C20H18O4. The van der Waals surface area contributed by atoms with E-state index in [1.54, 1.807) is 24.3 Å². The van der Waals surface area contributed by atoms with Gasteiger partial charge in [-0.05, 0) is 34.4 Å². The van der Waals surface area contributed by atoms with Crippen LogP contribution in [-0.2, 0) is 12.8 Å². The molecule has 0 aliphatic rings. The minimum atomic E-state index is 0.0350. The summed E-state index contributed by atoms with van der Waals surface area (Å²) < 4.78 is 0. The van der Waals surface area contributed by atoms with E-state index in [1.165, 1.54) is 12.1 Å². The zero-order chi connectivity index (χ0) is 17.1. The summed E-state index contributed by atoms with van der Waals surface area (Å²) in [5.74, 6) is 0.203. The minimum absolute atomic E-state index is 0.0350. The van der Waals surface area contributed by atoms with Crippen molar-refractivity contribution in [1.82, 2.24) is 0 Å². The summed E-state index contributed by atoms with van der Waals surface area (Å²) >= 11 is 0. The molecule has 122 valence electrons. The van der Waals surface area contributed by atoms with Crippen LogP contribution in [0.2, 0.25) is 0 Å². The summed E-state index contributed by atoms with van der Waals surface area (Å²) in [5.41, 5.74) is 3.51. The van der Waals surface area contributed by atoms with Crippen molar-refractivity contribution in [3.63, 3.8) is 0 Å². The number of hydrogen-bond acceptors (Lipinski definition) is 4. The molecule has 3 aromatic rings. The lowest BCUT2D eigenvalue weighted by Crippen LogP contribution is -1.93. The average Bonchev–Trinajstić information content (AvgIpc) is 2.53. The van der Waals surface area contributed by atoms with Gasteiger partial charge in [-0.1, -0.05) is 36.4 Å². The lowest BCUT2D eigenvalue weighted by Gasteiger charge is -2.09.